The quantitative estimate of drug-likeness (QED) is 0.606. The Balaban J connectivity index is 2.21. The van der Waals surface area contributed by atoms with Crippen LogP contribution in [0.15, 0.2) is 42.5 Å². The van der Waals surface area contributed by atoms with Crippen molar-refractivity contribution >= 4 is 5.78 Å². The molecule has 0 fully saturated rings. The van der Waals surface area contributed by atoms with E-state index in [1.165, 1.54) is 0 Å². The molecule has 0 N–H and O–H groups in total. The summed E-state index contributed by atoms with van der Waals surface area (Å²) in [5.74, 6) is -2.82. The van der Waals surface area contributed by atoms with Crippen LogP contribution in [0.5, 0.6) is 0 Å². The van der Waals surface area contributed by atoms with Crippen molar-refractivity contribution in [2.45, 2.75) is 12.6 Å². The number of carbonyl (C=O) groups is 1. The summed E-state index contributed by atoms with van der Waals surface area (Å²) in [5, 5.41) is 0. The molecule has 0 aromatic heterocycles. The highest BCUT2D eigenvalue weighted by Gasteiger charge is 2.30. The van der Waals surface area contributed by atoms with Gasteiger partial charge >= 0.3 is 6.18 Å². The van der Waals surface area contributed by atoms with Gasteiger partial charge in [-0.05, 0) is 29.8 Å². The Morgan fingerprint density at radius 3 is 1.90 bits per heavy atom. The number of halogens is 5. The zero-order valence-electron chi connectivity index (χ0n) is 10.5. The number of carbonyl (C=O) groups excluding carboxylic acids is 1. The zero-order valence-corrected chi connectivity index (χ0v) is 10.5. The smallest absolute Gasteiger partial charge is 0.294 e. The maximum absolute atomic E-state index is 13.4. The molecule has 0 saturated carbocycles. The van der Waals surface area contributed by atoms with Crippen molar-refractivity contribution < 1.29 is 26.7 Å². The van der Waals surface area contributed by atoms with Crippen LogP contribution in [0.2, 0.25) is 0 Å². The largest absolute Gasteiger partial charge is 0.416 e. The third-order valence-electron chi connectivity index (χ3n) is 2.89. The third kappa shape index (κ3) is 3.45. The lowest BCUT2D eigenvalue weighted by molar-refractivity contribution is -0.137. The monoisotopic (exact) mass is 300 g/mol. The van der Waals surface area contributed by atoms with Crippen molar-refractivity contribution in [3.63, 3.8) is 0 Å². The van der Waals surface area contributed by atoms with Crippen LogP contribution >= 0.6 is 0 Å². The Labute approximate surface area is 117 Å². The van der Waals surface area contributed by atoms with Crippen LogP contribution in [-0.2, 0) is 12.6 Å². The molecule has 2 aromatic carbocycles. The zero-order chi connectivity index (χ0) is 15.6. The molecule has 6 heteroatoms. The van der Waals surface area contributed by atoms with E-state index in [2.05, 4.69) is 0 Å². The van der Waals surface area contributed by atoms with Crippen LogP contribution in [0, 0.1) is 11.6 Å². The van der Waals surface area contributed by atoms with Gasteiger partial charge in [-0.25, -0.2) is 8.78 Å². The fourth-order valence-corrected chi connectivity index (χ4v) is 1.85. The minimum atomic E-state index is -4.47. The Morgan fingerprint density at radius 2 is 1.43 bits per heavy atom. The number of Topliss-reactive ketones (excluding diaryl/α,β-unsaturated/α-hetero) is 1. The molecule has 110 valence electrons. The molecule has 0 radical (unpaired) electrons. The highest BCUT2D eigenvalue weighted by Crippen LogP contribution is 2.29. The van der Waals surface area contributed by atoms with Crippen molar-refractivity contribution in [1.29, 1.82) is 0 Å². The van der Waals surface area contributed by atoms with Gasteiger partial charge in [0, 0.05) is 6.42 Å². The maximum Gasteiger partial charge on any atom is 0.416 e. The first-order valence-corrected chi connectivity index (χ1v) is 5.92. The second kappa shape index (κ2) is 5.63. The lowest BCUT2D eigenvalue weighted by Crippen LogP contribution is -2.10. The maximum atomic E-state index is 13.4. The second-order valence-corrected chi connectivity index (χ2v) is 4.39. The predicted molar refractivity (Wildman–Crippen MR) is 65.8 cm³/mol. The third-order valence-corrected chi connectivity index (χ3v) is 2.89. The molecule has 21 heavy (non-hydrogen) atoms. The highest BCUT2D eigenvalue weighted by molar-refractivity contribution is 5.98. The summed E-state index contributed by atoms with van der Waals surface area (Å²) in [4.78, 5) is 11.8. The van der Waals surface area contributed by atoms with Gasteiger partial charge in [0.1, 0.15) is 11.6 Å². The van der Waals surface area contributed by atoms with Crippen LogP contribution in [0.4, 0.5) is 22.0 Å². The van der Waals surface area contributed by atoms with Gasteiger partial charge in [0.05, 0.1) is 11.1 Å². The lowest BCUT2D eigenvalue weighted by atomic mass is 10.0. The first kappa shape index (κ1) is 15.2. The molecular weight excluding hydrogens is 291 g/mol. The normalized spacial score (nSPS) is 11.5. The molecule has 0 unspecified atom stereocenters. The van der Waals surface area contributed by atoms with E-state index in [0.717, 1.165) is 42.5 Å². The number of hydrogen-bond acceptors (Lipinski definition) is 1. The molecule has 0 aliphatic heterocycles. The summed E-state index contributed by atoms with van der Waals surface area (Å²) in [6.45, 7) is 0. The Kier molecular flexibility index (Phi) is 4.06. The fourth-order valence-electron chi connectivity index (χ4n) is 1.85. The summed E-state index contributed by atoms with van der Waals surface area (Å²) in [5.41, 5.74) is -1.29. The van der Waals surface area contributed by atoms with Crippen molar-refractivity contribution in [2.75, 3.05) is 0 Å². The van der Waals surface area contributed by atoms with E-state index in [1.807, 2.05) is 0 Å². The number of hydrogen-bond donors (Lipinski definition) is 0. The van der Waals surface area contributed by atoms with Gasteiger partial charge in [0.15, 0.2) is 5.78 Å². The van der Waals surface area contributed by atoms with Crippen LogP contribution in [0.25, 0.3) is 0 Å². The van der Waals surface area contributed by atoms with Crippen LogP contribution in [-0.4, -0.2) is 5.78 Å². The van der Waals surface area contributed by atoms with E-state index in [9.17, 15) is 26.7 Å². The molecule has 0 heterocycles. The summed E-state index contributed by atoms with van der Waals surface area (Å²) in [6.07, 6.45) is -4.85. The first-order chi connectivity index (χ1) is 9.79. The average molecular weight is 300 g/mol. The molecule has 0 saturated heterocycles. The van der Waals surface area contributed by atoms with E-state index < -0.39 is 34.7 Å². The SMILES string of the molecule is O=C(Cc1ccc(C(F)(F)F)cc1)c1c(F)cccc1F. The van der Waals surface area contributed by atoms with Gasteiger partial charge in [-0.1, -0.05) is 18.2 Å². The standard InChI is InChI=1S/C15H9F5O/c16-11-2-1-3-12(17)14(11)13(21)8-9-4-6-10(7-5-9)15(18,19)20/h1-7H,8H2. The number of rotatable bonds is 3. The van der Waals surface area contributed by atoms with Crippen molar-refractivity contribution in [3.8, 4) is 0 Å². The molecule has 0 atom stereocenters. The highest BCUT2D eigenvalue weighted by atomic mass is 19.4. The topological polar surface area (TPSA) is 17.1 Å². The summed E-state index contributed by atoms with van der Waals surface area (Å²) in [7, 11) is 0. The Hall–Kier alpha value is -2.24. The minimum absolute atomic E-state index is 0.246. The van der Waals surface area contributed by atoms with Gasteiger partial charge in [-0.15, -0.1) is 0 Å². The van der Waals surface area contributed by atoms with Gasteiger partial charge in [-0.2, -0.15) is 13.2 Å². The van der Waals surface area contributed by atoms with Gasteiger partial charge in [0.25, 0.3) is 0 Å². The molecule has 0 spiro atoms. The van der Waals surface area contributed by atoms with Crippen LogP contribution < -0.4 is 0 Å². The van der Waals surface area contributed by atoms with E-state index in [4.69, 9.17) is 0 Å². The minimum Gasteiger partial charge on any atom is -0.294 e. The van der Waals surface area contributed by atoms with Crippen LogP contribution in [0.1, 0.15) is 21.5 Å². The van der Waals surface area contributed by atoms with E-state index in [-0.39, 0.29) is 12.0 Å². The van der Waals surface area contributed by atoms with Crippen molar-refractivity contribution in [2.24, 2.45) is 0 Å². The number of benzene rings is 2. The number of alkyl halides is 3. The van der Waals surface area contributed by atoms with Crippen LogP contribution in [0.3, 0.4) is 0 Å². The molecule has 0 amide bonds. The van der Waals surface area contributed by atoms with Gasteiger partial charge in [-0.3, -0.25) is 4.79 Å². The second-order valence-electron chi connectivity index (χ2n) is 4.39. The predicted octanol–water partition coefficient (Wildman–Crippen LogP) is 4.41. The summed E-state index contributed by atoms with van der Waals surface area (Å²) < 4.78 is 64.0. The molecule has 0 aliphatic carbocycles. The molecule has 2 rings (SSSR count). The van der Waals surface area contributed by atoms with E-state index in [0.29, 0.717) is 0 Å². The van der Waals surface area contributed by atoms with Crippen molar-refractivity contribution in [3.05, 3.63) is 70.8 Å². The summed E-state index contributed by atoms with van der Waals surface area (Å²) >= 11 is 0. The van der Waals surface area contributed by atoms with Gasteiger partial charge in [0.2, 0.25) is 0 Å². The van der Waals surface area contributed by atoms with E-state index in [1.54, 1.807) is 0 Å². The summed E-state index contributed by atoms with van der Waals surface area (Å²) in [6, 6.07) is 6.88. The Bertz CT molecular complexity index is 639. The lowest BCUT2D eigenvalue weighted by Gasteiger charge is -2.08. The number of ketones is 1. The van der Waals surface area contributed by atoms with Crippen molar-refractivity contribution in [1.82, 2.24) is 0 Å². The molecule has 1 nitrogen and oxygen atoms in total. The van der Waals surface area contributed by atoms with Gasteiger partial charge < -0.3 is 0 Å². The van der Waals surface area contributed by atoms with E-state index >= 15 is 0 Å². The molecule has 2 aromatic rings. The first-order valence-electron chi connectivity index (χ1n) is 5.92. The fraction of sp³-hybridized carbons (Fsp3) is 0.133. The molecule has 0 bridgehead atoms. The molecule has 0 aliphatic rings. The average Bonchev–Trinajstić information content (AvgIpc) is 2.38. The molecular formula is C15H9F5O. The Morgan fingerprint density at radius 1 is 0.905 bits per heavy atom.